The number of nitrogens with one attached hydrogen (secondary N) is 1. The predicted octanol–water partition coefficient (Wildman–Crippen LogP) is 0.908. The van der Waals surface area contributed by atoms with Gasteiger partial charge in [0.25, 0.3) is 0 Å². The van der Waals surface area contributed by atoms with Gasteiger partial charge in [0.15, 0.2) is 0 Å². The summed E-state index contributed by atoms with van der Waals surface area (Å²) in [6, 6.07) is 1.46. The van der Waals surface area contributed by atoms with Crippen LogP contribution >= 0.6 is 0 Å². The van der Waals surface area contributed by atoms with Gasteiger partial charge in [-0.3, -0.25) is 4.79 Å². The summed E-state index contributed by atoms with van der Waals surface area (Å²) in [5, 5.41) is 2.66. The molecule has 0 radical (unpaired) electrons. The lowest BCUT2D eigenvalue weighted by atomic mass is 10.2. The minimum Gasteiger partial charge on any atom is -0.353 e. The van der Waals surface area contributed by atoms with Crippen molar-refractivity contribution >= 4 is 11.9 Å². The summed E-state index contributed by atoms with van der Waals surface area (Å²) in [5.41, 5.74) is 0.327. The number of rotatable bonds is 3. The number of alkyl halides is 3. The van der Waals surface area contributed by atoms with E-state index >= 15 is 0 Å². The van der Waals surface area contributed by atoms with Crippen LogP contribution in [-0.2, 0) is 11.2 Å². The summed E-state index contributed by atoms with van der Waals surface area (Å²) >= 11 is 0. The quantitative estimate of drug-likeness (QED) is 0.890. The first-order valence-corrected chi connectivity index (χ1v) is 5.84. The highest BCUT2D eigenvalue weighted by Crippen LogP contribution is 2.21. The number of carbonyl (C=O) groups is 1. The van der Waals surface area contributed by atoms with E-state index in [0.717, 1.165) is 0 Å². The largest absolute Gasteiger partial charge is 0.389 e. The second kappa shape index (κ2) is 5.41. The molecule has 1 aliphatic heterocycles. The van der Waals surface area contributed by atoms with E-state index < -0.39 is 12.6 Å². The summed E-state index contributed by atoms with van der Waals surface area (Å²) in [6.07, 6.45) is -3.88. The first kappa shape index (κ1) is 13.6. The zero-order valence-corrected chi connectivity index (χ0v) is 10.1. The van der Waals surface area contributed by atoms with Crippen LogP contribution in [0.2, 0.25) is 0 Å². The molecule has 5 nitrogen and oxygen atoms in total. The molecule has 0 bridgehead atoms. The van der Waals surface area contributed by atoms with E-state index in [1.807, 2.05) is 0 Å². The topological polar surface area (TPSA) is 58.1 Å². The Balaban J connectivity index is 2.04. The van der Waals surface area contributed by atoms with Crippen molar-refractivity contribution in [3.05, 3.63) is 18.0 Å². The number of anilines is 1. The van der Waals surface area contributed by atoms with Crippen LogP contribution in [0.4, 0.5) is 19.1 Å². The van der Waals surface area contributed by atoms with Crippen molar-refractivity contribution in [1.29, 1.82) is 0 Å². The molecule has 1 aromatic rings. The van der Waals surface area contributed by atoms with Gasteiger partial charge in [-0.1, -0.05) is 0 Å². The summed E-state index contributed by atoms with van der Waals surface area (Å²) in [5.74, 6) is 0.157. The minimum atomic E-state index is -4.20. The second-order valence-corrected chi connectivity index (χ2v) is 4.23. The van der Waals surface area contributed by atoms with Crippen molar-refractivity contribution in [2.45, 2.75) is 19.0 Å². The van der Waals surface area contributed by atoms with Gasteiger partial charge in [-0.05, 0) is 12.5 Å². The van der Waals surface area contributed by atoms with Crippen molar-refractivity contribution in [3.63, 3.8) is 0 Å². The first-order chi connectivity index (χ1) is 8.94. The summed E-state index contributed by atoms with van der Waals surface area (Å²) in [7, 11) is 0. The Labute approximate surface area is 107 Å². The van der Waals surface area contributed by atoms with Gasteiger partial charge in [0.05, 0.1) is 6.54 Å². The molecule has 0 saturated carbocycles. The maximum absolute atomic E-state index is 12.1. The normalized spacial score (nSPS) is 16.4. The Hall–Kier alpha value is -1.86. The number of aryl methyl sites for hydroxylation is 1. The molecule has 0 unspecified atom stereocenters. The molecule has 1 aliphatic rings. The number of amides is 1. The van der Waals surface area contributed by atoms with Crippen LogP contribution < -0.4 is 10.2 Å². The Kier molecular flexibility index (Phi) is 3.87. The standard InChI is InChI=1S/C11H13F3N4O/c12-11(13,14)3-1-8-2-4-16-10(17-8)18-6-5-15-9(19)7-18/h2,4H,1,3,5-7H2,(H,15,19). The zero-order valence-electron chi connectivity index (χ0n) is 10.1. The van der Waals surface area contributed by atoms with Crippen molar-refractivity contribution in [2.75, 3.05) is 24.5 Å². The highest BCUT2D eigenvalue weighted by molar-refractivity contribution is 5.81. The van der Waals surface area contributed by atoms with Crippen LogP contribution in [0.3, 0.4) is 0 Å². The van der Waals surface area contributed by atoms with Gasteiger partial charge >= 0.3 is 6.18 Å². The monoisotopic (exact) mass is 274 g/mol. The number of halogens is 3. The van der Waals surface area contributed by atoms with Crippen molar-refractivity contribution < 1.29 is 18.0 Å². The summed E-state index contributed by atoms with van der Waals surface area (Å²) in [4.78, 5) is 20.9. The lowest BCUT2D eigenvalue weighted by molar-refractivity contribution is -0.134. The van der Waals surface area contributed by atoms with Crippen molar-refractivity contribution in [2.24, 2.45) is 0 Å². The maximum atomic E-state index is 12.1. The molecule has 1 saturated heterocycles. The first-order valence-electron chi connectivity index (χ1n) is 5.84. The molecule has 0 aromatic carbocycles. The van der Waals surface area contributed by atoms with E-state index in [2.05, 4.69) is 15.3 Å². The molecular formula is C11H13F3N4O. The van der Waals surface area contributed by atoms with E-state index in [1.54, 1.807) is 4.90 Å². The molecule has 0 spiro atoms. The number of piperazine rings is 1. The lowest BCUT2D eigenvalue weighted by Crippen LogP contribution is -2.48. The van der Waals surface area contributed by atoms with E-state index in [-0.39, 0.29) is 18.9 Å². The Bertz CT molecular complexity index is 463. The van der Waals surface area contributed by atoms with E-state index in [0.29, 0.717) is 24.7 Å². The number of carbonyl (C=O) groups excluding carboxylic acids is 1. The van der Waals surface area contributed by atoms with Gasteiger partial charge in [-0.2, -0.15) is 13.2 Å². The third-order valence-corrected chi connectivity index (χ3v) is 2.69. The van der Waals surface area contributed by atoms with E-state index in [9.17, 15) is 18.0 Å². The molecule has 0 aliphatic carbocycles. The molecular weight excluding hydrogens is 261 g/mol. The number of hydrogen-bond donors (Lipinski definition) is 1. The molecule has 1 aromatic heterocycles. The van der Waals surface area contributed by atoms with Crippen LogP contribution in [0.1, 0.15) is 12.1 Å². The average Bonchev–Trinajstić information content (AvgIpc) is 2.36. The Morgan fingerprint density at radius 1 is 1.42 bits per heavy atom. The van der Waals surface area contributed by atoms with Crippen LogP contribution in [0, 0.1) is 0 Å². The molecule has 0 atom stereocenters. The predicted molar refractivity (Wildman–Crippen MR) is 61.6 cm³/mol. The van der Waals surface area contributed by atoms with Crippen molar-refractivity contribution in [3.8, 4) is 0 Å². The number of nitrogens with zero attached hydrogens (tertiary/aromatic N) is 3. The van der Waals surface area contributed by atoms with Gasteiger partial charge in [0.1, 0.15) is 0 Å². The molecule has 1 fully saturated rings. The van der Waals surface area contributed by atoms with Gasteiger partial charge in [0, 0.05) is 31.4 Å². The molecule has 19 heavy (non-hydrogen) atoms. The summed E-state index contributed by atoms with van der Waals surface area (Å²) < 4.78 is 36.4. The fraction of sp³-hybridized carbons (Fsp3) is 0.545. The lowest BCUT2D eigenvalue weighted by Gasteiger charge is -2.26. The highest BCUT2D eigenvalue weighted by Gasteiger charge is 2.27. The summed E-state index contributed by atoms with van der Waals surface area (Å²) in [6.45, 7) is 1.16. The molecule has 1 N–H and O–H groups in total. The Morgan fingerprint density at radius 2 is 2.21 bits per heavy atom. The second-order valence-electron chi connectivity index (χ2n) is 4.23. The van der Waals surface area contributed by atoms with E-state index in [1.165, 1.54) is 12.3 Å². The number of aromatic nitrogens is 2. The molecule has 1 amide bonds. The molecule has 104 valence electrons. The van der Waals surface area contributed by atoms with Gasteiger partial charge in [-0.15, -0.1) is 0 Å². The highest BCUT2D eigenvalue weighted by atomic mass is 19.4. The van der Waals surface area contributed by atoms with Gasteiger partial charge in [0.2, 0.25) is 11.9 Å². The van der Waals surface area contributed by atoms with Gasteiger partial charge in [-0.25, -0.2) is 9.97 Å². The molecule has 2 heterocycles. The van der Waals surface area contributed by atoms with Crippen LogP contribution in [-0.4, -0.2) is 41.7 Å². The average molecular weight is 274 g/mol. The fourth-order valence-corrected chi connectivity index (χ4v) is 1.76. The third kappa shape index (κ3) is 4.08. The van der Waals surface area contributed by atoms with Crippen LogP contribution in [0.5, 0.6) is 0 Å². The Morgan fingerprint density at radius 3 is 2.89 bits per heavy atom. The minimum absolute atomic E-state index is 0.128. The van der Waals surface area contributed by atoms with E-state index in [4.69, 9.17) is 0 Å². The van der Waals surface area contributed by atoms with Crippen LogP contribution in [0.15, 0.2) is 12.3 Å². The van der Waals surface area contributed by atoms with Crippen LogP contribution in [0.25, 0.3) is 0 Å². The SMILES string of the molecule is O=C1CN(c2nccc(CCC(F)(F)F)n2)CCN1. The maximum Gasteiger partial charge on any atom is 0.389 e. The fourth-order valence-electron chi connectivity index (χ4n) is 1.76. The molecule has 8 heteroatoms. The smallest absolute Gasteiger partial charge is 0.353 e. The third-order valence-electron chi connectivity index (χ3n) is 2.69. The zero-order chi connectivity index (χ0) is 13.9. The van der Waals surface area contributed by atoms with Gasteiger partial charge < -0.3 is 10.2 Å². The number of hydrogen-bond acceptors (Lipinski definition) is 4. The molecule has 2 rings (SSSR count). The van der Waals surface area contributed by atoms with Crippen molar-refractivity contribution in [1.82, 2.24) is 15.3 Å².